The number of ether oxygens (including phenoxy) is 3. The van der Waals surface area contributed by atoms with Gasteiger partial charge in [-0.3, -0.25) is 4.90 Å². The number of benzene rings is 1. The molecule has 1 amide bonds. The van der Waals surface area contributed by atoms with Crippen molar-refractivity contribution in [2.75, 3.05) is 20.3 Å². The number of nitrogens with one attached hydrogen (secondary N) is 1. The first kappa shape index (κ1) is 20.6. The minimum Gasteiger partial charge on any atom is -0.467 e. The molecule has 2 atom stereocenters. The van der Waals surface area contributed by atoms with E-state index in [0.29, 0.717) is 26.1 Å². The summed E-state index contributed by atoms with van der Waals surface area (Å²) in [6.07, 6.45) is 0.234. The monoisotopic (exact) mass is 390 g/mol. The van der Waals surface area contributed by atoms with E-state index in [-0.39, 0.29) is 12.1 Å². The Kier molecular flexibility index (Phi) is 5.95. The molecule has 0 radical (unpaired) electrons. The molecule has 2 bridgehead atoms. The van der Waals surface area contributed by atoms with Crippen LogP contribution in [0.15, 0.2) is 30.3 Å². The quantitative estimate of drug-likeness (QED) is 0.796. The topological polar surface area (TPSA) is 77.1 Å². The number of alkyl carbamates (subject to hydrolysis) is 1. The van der Waals surface area contributed by atoms with Gasteiger partial charge in [0, 0.05) is 18.6 Å². The summed E-state index contributed by atoms with van der Waals surface area (Å²) >= 11 is 0. The first-order valence-electron chi connectivity index (χ1n) is 9.69. The van der Waals surface area contributed by atoms with Crippen LogP contribution in [0.3, 0.4) is 0 Å². The summed E-state index contributed by atoms with van der Waals surface area (Å²) in [5.74, 6) is -0.436. The number of nitrogens with zero attached hydrogens (tertiary/aromatic N) is 1. The molecule has 2 aliphatic heterocycles. The second-order valence-electron chi connectivity index (χ2n) is 8.61. The molecule has 0 aromatic heterocycles. The number of methoxy groups -OCH3 is 1. The summed E-state index contributed by atoms with van der Waals surface area (Å²) in [4.78, 5) is 27.6. The lowest BCUT2D eigenvalue weighted by atomic mass is 9.78. The van der Waals surface area contributed by atoms with Gasteiger partial charge in [-0.05, 0) is 39.2 Å². The maximum absolute atomic E-state index is 12.7. The molecule has 2 aliphatic rings. The molecule has 0 aliphatic carbocycles. The SMILES string of the molecule is COC(=O)C1(NC(=O)OC(C)(C)C)CC2COCC(C1)N2Cc1ccccc1. The van der Waals surface area contributed by atoms with Crippen LogP contribution in [-0.4, -0.2) is 60.5 Å². The van der Waals surface area contributed by atoms with Crippen molar-refractivity contribution in [2.24, 2.45) is 0 Å². The van der Waals surface area contributed by atoms with Crippen molar-refractivity contribution in [3.63, 3.8) is 0 Å². The van der Waals surface area contributed by atoms with Gasteiger partial charge in [-0.15, -0.1) is 0 Å². The Labute approximate surface area is 166 Å². The third-order valence-electron chi connectivity index (χ3n) is 5.25. The smallest absolute Gasteiger partial charge is 0.408 e. The fourth-order valence-corrected chi connectivity index (χ4v) is 4.14. The van der Waals surface area contributed by atoms with Gasteiger partial charge >= 0.3 is 12.1 Å². The standard InChI is InChI=1S/C21H30N2O5/c1-20(2,3)28-19(25)22-21(18(24)26-4)10-16-13-27-14-17(11-21)23(16)12-15-8-6-5-7-9-15/h5-9,16-17H,10-14H2,1-4H3,(H,22,25). The molecular formula is C21H30N2O5. The van der Waals surface area contributed by atoms with Crippen LogP contribution in [-0.2, 0) is 25.5 Å². The van der Waals surface area contributed by atoms with Crippen molar-refractivity contribution in [1.29, 1.82) is 0 Å². The Balaban J connectivity index is 1.80. The van der Waals surface area contributed by atoms with E-state index in [1.54, 1.807) is 20.8 Å². The van der Waals surface area contributed by atoms with Gasteiger partial charge in [-0.1, -0.05) is 30.3 Å². The average Bonchev–Trinajstić information content (AvgIpc) is 2.61. The maximum atomic E-state index is 12.7. The lowest BCUT2D eigenvalue weighted by Gasteiger charge is -2.52. The molecule has 2 heterocycles. The molecule has 2 unspecified atom stereocenters. The molecule has 0 saturated carbocycles. The van der Waals surface area contributed by atoms with Crippen LogP contribution in [0.25, 0.3) is 0 Å². The van der Waals surface area contributed by atoms with E-state index in [1.807, 2.05) is 18.2 Å². The zero-order valence-corrected chi connectivity index (χ0v) is 17.1. The van der Waals surface area contributed by atoms with E-state index < -0.39 is 23.2 Å². The first-order chi connectivity index (χ1) is 13.2. The summed E-state index contributed by atoms with van der Waals surface area (Å²) in [6.45, 7) is 7.19. The van der Waals surface area contributed by atoms with E-state index in [9.17, 15) is 9.59 Å². The van der Waals surface area contributed by atoms with Crippen LogP contribution in [0, 0.1) is 0 Å². The van der Waals surface area contributed by atoms with Crippen molar-refractivity contribution in [3.8, 4) is 0 Å². The Bertz CT molecular complexity index is 686. The zero-order valence-electron chi connectivity index (χ0n) is 17.1. The van der Waals surface area contributed by atoms with Crippen molar-refractivity contribution in [3.05, 3.63) is 35.9 Å². The summed E-state index contributed by atoms with van der Waals surface area (Å²) in [5.41, 5.74) is -0.539. The Morgan fingerprint density at radius 1 is 1.18 bits per heavy atom. The lowest BCUT2D eigenvalue weighted by molar-refractivity contribution is -0.160. The number of morpholine rings is 1. The molecule has 7 nitrogen and oxygen atoms in total. The second kappa shape index (κ2) is 8.09. The van der Waals surface area contributed by atoms with Crippen molar-refractivity contribution in [1.82, 2.24) is 10.2 Å². The number of amides is 1. The van der Waals surface area contributed by atoms with E-state index in [4.69, 9.17) is 14.2 Å². The first-order valence-corrected chi connectivity index (χ1v) is 9.69. The van der Waals surface area contributed by atoms with Crippen LogP contribution in [0.1, 0.15) is 39.2 Å². The van der Waals surface area contributed by atoms with Crippen LogP contribution in [0.4, 0.5) is 4.79 Å². The predicted molar refractivity (Wildman–Crippen MR) is 104 cm³/mol. The fraction of sp³-hybridized carbons (Fsp3) is 0.619. The largest absolute Gasteiger partial charge is 0.467 e. The third kappa shape index (κ3) is 4.64. The minimum absolute atomic E-state index is 0.00161. The number of hydrogen-bond donors (Lipinski definition) is 1. The third-order valence-corrected chi connectivity index (χ3v) is 5.25. The van der Waals surface area contributed by atoms with E-state index in [0.717, 1.165) is 6.54 Å². The highest BCUT2D eigenvalue weighted by molar-refractivity contribution is 5.86. The molecule has 1 aromatic carbocycles. The second-order valence-corrected chi connectivity index (χ2v) is 8.61. The summed E-state index contributed by atoms with van der Waals surface area (Å²) < 4.78 is 16.2. The van der Waals surface area contributed by atoms with Gasteiger partial charge in [0.1, 0.15) is 11.1 Å². The highest BCUT2D eigenvalue weighted by Gasteiger charge is 2.53. The predicted octanol–water partition coefficient (Wildman–Crippen LogP) is 2.49. The Morgan fingerprint density at radius 3 is 2.32 bits per heavy atom. The highest BCUT2D eigenvalue weighted by atomic mass is 16.6. The maximum Gasteiger partial charge on any atom is 0.408 e. The molecule has 28 heavy (non-hydrogen) atoms. The Morgan fingerprint density at radius 2 is 1.79 bits per heavy atom. The number of fused-ring (bicyclic) bond motifs is 2. The van der Waals surface area contributed by atoms with E-state index in [1.165, 1.54) is 12.7 Å². The molecular weight excluding hydrogens is 360 g/mol. The number of piperidine rings is 1. The number of carbonyl (C=O) groups excluding carboxylic acids is 2. The molecule has 1 N–H and O–H groups in total. The van der Waals surface area contributed by atoms with Crippen molar-refractivity contribution in [2.45, 2.75) is 63.4 Å². The molecule has 7 heteroatoms. The lowest BCUT2D eigenvalue weighted by Crippen LogP contribution is -2.69. The molecule has 3 rings (SSSR count). The van der Waals surface area contributed by atoms with Crippen LogP contribution in [0.2, 0.25) is 0 Å². The van der Waals surface area contributed by atoms with Gasteiger partial charge in [0.25, 0.3) is 0 Å². The number of carbonyl (C=O) groups is 2. The number of esters is 1. The van der Waals surface area contributed by atoms with Crippen LogP contribution < -0.4 is 5.32 Å². The highest BCUT2D eigenvalue weighted by Crippen LogP contribution is 2.36. The Hall–Kier alpha value is -2.12. The minimum atomic E-state index is -1.11. The summed E-state index contributed by atoms with van der Waals surface area (Å²) in [7, 11) is 1.35. The summed E-state index contributed by atoms with van der Waals surface area (Å²) in [5, 5.41) is 2.83. The molecule has 154 valence electrons. The van der Waals surface area contributed by atoms with E-state index >= 15 is 0 Å². The molecule has 2 fully saturated rings. The van der Waals surface area contributed by atoms with Gasteiger partial charge in [0.05, 0.1) is 20.3 Å². The van der Waals surface area contributed by atoms with Gasteiger partial charge in [-0.2, -0.15) is 0 Å². The zero-order chi connectivity index (χ0) is 20.4. The van der Waals surface area contributed by atoms with Crippen LogP contribution in [0.5, 0.6) is 0 Å². The van der Waals surface area contributed by atoms with Crippen molar-refractivity contribution >= 4 is 12.1 Å². The molecule has 0 spiro atoms. The van der Waals surface area contributed by atoms with Crippen LogP contribution >= 0.6 is 0 Å². The van der Waals surface area contributed by atoms with Gasteiger partial charge in [-0.25, -0.2) is 9.59 Å². The fourth-order valence-electron chi connectivity index (χ4n) is 4.14. The number of rotatable bonds is 4. The molecule has 1 aromatic rings. The van der Waals surface area contributed by atoms with Gasteiger partial charge < -0.3 is 19.5 Å². The van der Waals surface area contributed by atoms with Gasteiger partial charge in [0.2, 0.25) is 0 Å². The van der Waals surface area contributed by atoms with Gasteiger partial charge in [0.15, 0.2) is 0 Å². The van der Waals surface area contributed by atoms with Crippen molar-refractivity contribution < 1.29 is 23.8 Å². The summed E-state index contributed by atoms with van der Waals surface area (Å²) in [6, 6.07) is 10.2. The average molecular weight is 390 g/mol. The van der Waals surface area contributed by atoms with E-state index in [2.05, 4.69) is 22.3 Å². The normalized spacial score (nSPS) is 27.7. The molecule has 2 saturated heterocycles. The number of hydrogen-bond acceptors (Lipinski definition) is 6.